The lowest BCUT2D eigenvalue weighted by atomic mass is 10.1. The Morgan fingerprint density at radius 2 is 2.20 bits per heavy atom. The van der Waals surface area contributed by atoms with Crippen LogP contribution in [0.2, 0.25) is 0 Å². The number of hydrogen-bond acceptors (Lipinski definition) is 6. The molecule has 0 aliphatic carbocycles. The lowest BCUT2D eigenvalue weighted by Gasteiger charge is -2.32. The van der Waals surface area contributed by atoms with Gasteiger partial charge < -0.3 is 4.42 Å². The summed E-state index contributed by atoms with van der Waals surface area (Å²) in [7, 11) is 0. The van der Waals surface area contributed by atoms with Gasteiger partial charge in [0.25, 0.3) is 5.91 Å². The van der Waals surface area contributed by atoms with Gasteiger partial charge in [0.05, 0.1) is 11.6 Å². The first-order valence-electron chi connectivity index (χ1n) is 7.97. The normalized spacial score (nSPS) is 19.2. The van der Waals surface area contributed by atoms with E-state index in [-0.39, 0.29) is 5.91 Å². The fourth-order valence-corrected chi connectivity index (χ4v) is 3.33. The number of para-hydroxylation sites is 1. The molecule has 0 fully saturated rings. The summed E-state index contributed by atoms with van der Waals surface area (Å²) in [5.41, 5.74) is 0.514. The van der Waals surface area contributed by atoms with Crippen LogP contribution in [0.3, 0.4) is 0 Å². The van der Waals surface area contributed by atoms with Crippen molar-refractivity contribution in [3.8, 4) is 0 Å². The van der Waals surface area contributed by atoms with Crippen LogP contribution in [-0.4, -0.2) is 28.0 Å². The van der Waals surface area contributed by atoms with Crippen molar-refractivity contribution in [2.24, 2.45) is 10.1 Å². The molecule has 0 saturated carbocycles. The Morgan fingerprint density at radius 1 is 1.32 bits per heavy atom. The van der Waals surface area contributed by atoms with Gasteiger partial charge >= 0.3 is 0 Å². The Kier molecular flexibility index (Phi) is 4.15. The predicted octanol–water partition coefficient (Wildman–Crippen LogP) is 1.52. The summed E-state index contributed by atoms with van der Waals surface area (Å²) in [6, 6.07) is 11.3. The summed E-state index contributed by atoms with van der Waals surface area (Å²) in [4.78, 5) is 17.4. The van der Waals surface area contributed by atoms with Gasteiger partial charge in [-0.2, -0.15) is 0 Å². The van der Waals surface area contributed by atoms with Crippen molar-refractivity contribution < 1.29 is 9.21 Å². The maximum Gasteiger partial charge on any atom is 0.276 e. The highest BCUT2D eigenvalue weighted by Crippen LogP contribution is 2.21. The number of furan rings is 1. The van der Waals surface area contributed by atoms with Gasteiger partial charge in [-0.25, -0.2) is 5.01 Å². The zero-order chi connectivity index (χ0) is 17.2. The Morgan fingerprint density at radius 3 is 3.00 bits per heavy atom. The zero-order valence-corrected chi connectivity index (χ0v) is 14.4. The molecule has 0 saturated heterocycles. The largest absolute Gasteiger partial charge is 0.465 e. The number of nitrogens with zero attached hydrogens (tertiary/aromatic N) is 3. The van der Waals surface area contributed by atoms with E-state index in [1.807, 2.05) is 55.5 Å². The molecule has 1 amide bonds. The summed E-state index contributed by atoms with van der Waals surface area (Å²) >= 11 is 1.49. The first-order valence-corrected chi connectivity index (χ1v) is 8.95. The van der Waals surface area contributed by atoms with Gasteiger partial charge in [0.15, 0.2) is 11.3 Å². The molecule has 25 heavy (non-hydrogen) atoms. The maximum atomic E-state index is 12.7. The molecule has 1 unspecified atom stereocenters. The van der Waals surface area contributed by atoms with Gasteiger partial charge in [0, 0.05) is 5.22 Å². The van der Waals surface area contributed by atoms with Crippen LogP contribution in [-0.2, 0) is 4.79 Å². The van der Waals surface area contributed by atoms with Crippen molar-refractivity contribution in [3.63, 3.8) is 0 Å². The third-order valence-electron chi connectivity index (χ3n) is 3.80. The van der Waals surface area contributed by atoms with E-state index < -0.39 is 6.17 Å². The van der Waals surface area contributed by atoms with Crippen LogP contribution in [0.15, 0.2) is 63.2 Å². The molecule has 2 aromatic rings. The SMILES string of the molecule is CCSC1=NN2C(=c3ccccc3=NC2/C=C/c2ccco2)C(=O)N1. The van der Waals surface area contributed by atoms with Crippen molar-refractivity contribution >= 4 is 34.6 Å². The molecule has 126 valence electrons. The number of fused-ring (bicyclic) bond motifs is 2. The van der Waals surface area contributed by atoms with Crippen molar-refractivity contribution in [3.05, 3.63) is 65.1 Å². The number of hydrazone groups is 1. The van der Waals surface area contributed by atoms with E-state index in [1.165, 1.54) is 11.8 Å². The summed E-state index contributed by atoms with van der Waals surface area (Å²) in [5, 5.41) is 11.3. The number of carbonyl (C=O) groups is 1. The highest BCUT2D eigenvalue weighted by atomic mass is 32.2. The number of amidine groups is 1. The number of thioether (sulfide) groups is 1. The van der Waals surface area contributed by atoms with E-state index in [2.05, 4.69) is 10.4 Å². The Hall–Kier alpha value is -2.80. The minimum atomic E-state index is -0.409. The van der Waals surface area contributed by atoms with Gasteiger partial charge in [-0.3, -0.25) is 15.1 Å². The van der Waals surface area contributed by atoms with Crippen molar-refractivity contribution in [1.82, 2.24) is 10.3 Å². The summed E-state index contributed by atoms with van der Waals surface area (Å²) in [5.74, 6) is 1.39. The number of nitrogens with one attached hydrogen (secondary N) is 1. The molecular formula is C18H16N4O2S. The van der Waals surface area contributed by atoms with E-state index in [4.69, 9.17) is 9.41 Å². The molecule has 6 nitrogen and oxygen atoms in total. The minimum absolute atomic E-state index is 0.162. The molecule has 3 heterocycles. The van der Waals surface area contributed by atoms with Crippen LogP contribution in [0.25, 0.3) is 11.8 Å². The van der Waals surface area contributed by atoms with Gasteiger partial charge in [0.1, 0.15) is 11.5 Å². The van der Waals surface area contributed by atoms with Crippen LogP contribution < -0.4 is 15.9 Å². The van der Waals surface area contributed by atoms with Crippen LogP contribution >= 0.6 is 11.8 Å². The van der Waals surface area contributed by atoms with Crippen molar-refractivity contribution in [2.45, 2.75) is 13.1 Å². The Bertz CT molecular complexity index is 979. The van der Waals surface area contributed by atoms with E-state index in [9.17, 15) is 4.79 Å². The average Bonchev–Trinajstić information content (AvgIpc) is 3.13. The van der Waals surface area contributed by atoms with E-state index >= 15 is 0 Å². The van der Waals surface area contributed by atoms with Gasteiger partial charge in [0.2, 0.25) is 0 Å². The van der Waals surface area contributed by atoms with Crippen molar-refractivity contribution in [2.75, 3.05) is 5.75 Å². The second-order valence-electron chi connectivity index (χ2n) is 5.42. The van der Waals surface area contributed by atoms with Crippen molar-refractivity contribution in [1.29, 1.82) is 0 Å². The monoisotopic (exact) mass is 352 g/mol. The van der Waals surface area contributed by atoms with E-state index in [1.54, 1.807) is 11.3 Å². The molecule has 4 rings (SSSR count). The number of hydrogen-bond donors (Lipinski definition) is 1. The zero-order valence-electron chi connectivity index (χ0n) is 13.5. The molecule has 1 N–H and O–H groups in total. The first kappa shape index (κ1) is 15.7. The molecule has 0 spiro atoms. The standard InChI is InChI=1S/C18H16N4O2S/c1-2-25-18-20-17(23)16-13-7-3-4-8-14(13)19-15(22(16)21-18)10-9-12-6-5-11-24-12/h3-11,15H,2H2,1H3,(H,20,21,23)/b10-9+. The highest BCUT2D eigenvalue weighted by Gasteiger charge is 2.32. The summed E-state index contributed by atoms with van der Waals surface area (Å²) in [6.07, 6.45) is 4.93. The minimum Gasteiger partial charge on any atom is -0.465 e. The molecule has 0 radical (unpaired) electrons. The molecule has 7 heteroatoms. The molecule has 1 aromatic carbocycles. The summed E-state index contributed by atoms with van der Waals surface area (Å²) in [6.45, 7) is 2.02. The predicted molar refractivity (Wildman–Crippen MR) is 97.7 cm³/mol. The molecule has 2 aliphatic rings. The molecule has 1 atom stereocenters. The lowest BCUT2D eigenvalue weighted by Crippen LogP contribution is -2.52. The van der Waals surface area contributed by atoms with Crippen LogP contribution in [0.1, 0.15) is 12.7 Å². The maximum absolute atomic E-state index is 12.7. The Balaban J connectivity index is 1.84. The molecular weight excluding hydrogens is 336 g/mol. The smallest absolute Gasteiger partial charge is 0.276 e. The van der Waals surface area contributed by atoms with Crippen LogP contribution in [0, 0.1) is 0 Å². The van der Waals surface area contributed by atoms with E-state index in [0.717, 1.165) is 22.1 Å². The second kappa shape index (κ2) is 6.60. The molecule has 2 aliphatic heterocycles. The molecule has 0 bridgehead atoms. The summed E-state index contributed by atoms with van der Waals surface area (Å²) < 4.78 is 5.34. The second-order valence-corrected chi connectivity index (χ2v) is 6.67. The lowest BCUT2D eigenvalue weighted by molar-refractivity contribution is -0.116. The topological polar surface area (TPSA) is 70.2 Å². The first-order chi connectivity index (χ1) is 12.3. The number of rotatable bonds is 3. The van der Waals surface area contributed by atoms with Crippen LogP contribution in [0.5, 0.6) is 0 Å². The number of benzene rings is 1. The van der Waals surface area contributed by atoms with Crippen LogP contribution in [0.4, 0.5) is 0 Å². The van der Waals surface area contributed by atoms with E-state index in [0.29, 0.717) is 10.9 Å². The highest BCUT2D eigenvalue weighted by molar-refractivity contribution is 8.13. The third kappa shape index (κ3) is 2.98. The Labute approximate surface area is 148 Å². The third-order valence-corrected chi connectivity index (χ3v) is 4.55. The van der Waals surface area contributed by atoms with Gasteiger partial charge in [-0.05, 0) is 36.1 Å². The number of amides is 1. The molecule has 1 aromatic heterocycles. The van der Waals surface area contributed by atoms with Gasteiger partial charge in [-0.15, -0.1) is 5.10 Å². The quantitative estimate of drug-likeness (QED) is 0.909. The number of carbonyl (C=O) groups excluding carboxylic acids is 1. The fraction of sp³-hybridized carbons (Fsp3) is 0.167. The van der Waals surface area contributed by atoms with Gasteiger partial charge in [-0.1, -0.05) is 36.9 Å². The average molecular weight is 352 g/mol. The fourth-order valence-electron chi connectivity index (χ4n) is 2.75.